The lowest BCUT2D eigenvalue weighted by molar-refractivity contribution is -0.268. The molecule has 1 aromatic heterocycles. The van der Waals surface area contributed by atoms with Crippen LogP contribution in [-0.4, -0.2) is 27.2 Å². The molecule has 0 aliphatic carbocycles. The number of nitrogens with zero attached hydrogens (tertiary/aromatic N) is 2. The largest absolute Gasteiger partial charge is 0.392 e. The van der Waals surface area contributed by atoms with Gasteiger partial charge in [-0.15, -0.1) is 10.2 Å². The molecular formula is C29H31N3O3S2. The molecule has 0 saturated carbocycles. The zero-order valence-electron chi connectivity index (χ0n) is 20.9. The maximum absolute atomic E-state index is 9.47. The quantitative estimate of drug-likeness (QED) is 0.267. The molecule has 1 aliphatic rings. The lowest BCUT2D eigenvalue weighted by Crippen LogP contribution is -2.38. The number of ether oxygens (including phenoxy) is 2. The highest BCUT2D eigenvalue weighted by Gasteiger charge is 2.38. The molecule has 192 valence electrons. The van der Waals surface area contributed by atoms with Crippen LogP contribution in [0.3, 0.4) is 0 Å². The van der Waals surface area contributed by atoms with Crippen LogP contribution in [0.2, 0.25) is 0 Å². The van der Waals surface area contributed by atoms with Gasteiger partial charge < -0.3 is 20.3 Å². The van der Waals surface area contributed by atoms with E-state index in [1.54, 1.807) is 23.1 Å². The van der Waals surface area contributed by atoms with Crippen LogP contribution in [-0.2, 0) is 22.6 Å². The van der Waals surface area contributed by atoms with E-state index < -0.39 is 6.29 Å². The normalized spacial score (nSPS) is 21.7. The van der Waals surface area contributed by atoms with Crippen molar-refractivity contribution >= 4 is 23.1 Å². The lowest BCUT2D eigenvalue weighted by atomic mass is 9.91. The first-order chi connectivity index (χ1) is 18.0. The van der Waals surface area contributed by atoms with Crippen LogP contribution in [0, 0.1) is 12.8 Å². The Morgan fingerprint density at radius 1 is 0.919 bits per heavy atom. The molecule has 0 spiro atoms. The average molecular weight is 534 g/mol. The predicted octanol–water partition coefficient (Wildman–Crippen LogP) is 6.05. The number of hydrogen-bond acceptors (Lipinski definition) is 8. The summed E-state index contributed by atoms with van der Waals surface area (Å²) in [6.07, 6.45) is -0.685. The van der Waals surface area contributed by atoms with Gasteiger partial charge in [0.15, 0.2) is 10.6 Å². The fourth-order valence-electron chi connectivity index (χ4n) is 4.51. The van der Waals surface area contributed by atoms with Crippen LogP contribution in [0.4, 0.5) is 0 Å². The van der Waals surface area contributed by atoms with Crippen molar-refractivity contribution < 1.29 is 14.6 Å². The third-order valence-electron chi connectivity index (χ3n) is 6.68. The Labute approximate surface area is 225 Å². The summed E-state index contributed by atoms with van der Waals surface area (Å²) >= 11 is 3.28. The summed E-state index contributed by atoms with van der Waals surface area (Å²) in [7, 11) is 0. The van der Waals surface area contributed by atoms with Crippen LogP contribution in [0.1, 0.15) is 46.6 Å². The van der Waals surface area contributed by atoms with Crippen molar-refractivity contribution in [2.24, 2.45) is 11.7 Å². The summed E-state index contributed by atoms with van der Waals surface area (Å²) < 4.78 is 14.1. The van der Waals surface area contributed by atoms with Gasteiger partial charge in [0.25, 0.3) is 0 Å². The second kappa shape index (κ2) is 11.9. The van der Waals surface area contributed by atoms with Crippen LogP contribution in [0.25, 0.3) is 11.1 Å². The van der Waals surface area contributed by atoms with Gasteiger partial charge in [-0.1, -0.05) is 96.8 Å². The summed E-state index contributed by atoms with van der Waals surface area (Å²) in [6, 6.07) is 24.7. The number of aliphatic hydroxyl groups excluding tert-OH is 1. The predicted molar refractivity (Wildman–Crippen MR) is 148 cm³/mol. The number of aryl methyl sites for hydroxylation is 1. The molecule has 0 bridgehead atoms. The van der Waals surface area contributed by atoms with Crippen molar-refractivity contribution in [2.45, 2.75) is 49.8 Å². The minimum absolute atomic E-state index is 0.0220. The Bertz CT molecular complexity index is 1310. The van der Waals surface area contributed by atoms with E-state index in [9.17, 15) is 5.11 Å². The van der Waals surface area contributed by atoms with Gasteiger partial charge in [0.05, 0.1) is 18.8 Å². The minimum atomic E-state index is -0.495. The Kier molecular flexibility index (Phi) is 8.34. The molecule has 3 N–H and O–H groups in total. The van der Waals surface area contributed by atoms with E-state index in [1.807, 2.05) is 43.3 Å². The van der Waals surface area contributed by atoms with Crippen molar-refractivity contribution in [3.8, 4) is 11.1 Å². The molecule has 1 saturated heterocycles. The first-order valence-corrected chi connectivity index (χ1v) is 14.2. The standard InChI is InChI=1S/C29H31N3O3S2/c1-18-26(17-36-29-32-31-19(2)37-29)34-28(35-27(18)23-8-6-20(16-33)7-9-23)24-12-10-22(11-13-24)25-5-3-4-21(14-25)15-30/h3-14,18,26-28,33H,15-17,30H2,1-2H3. The van der Waals surface area contributed by atoms with Crippen molar-refractivity contribution in [2.75, 3.05) is 5.75 Å². The Morgan fingerprint density at radius 3 is 2.35 bits per heavy atom. The van der Waals surface area contributed by atoms with E-state index in [-0.39, 0.29) is 24.7 Å². The molecule has 0 radical (unpaired) electrons. The molecule has 4 atom stereocenters. The number of benzene rings is 3. The third kappa shape index (κ3) is 6.12. The Morgan fingerprint density at radius 2 is 1.68 bits per heavy atom. The zero-order chi connectivity index (χ0) is 25.8. The summed E-state index contributed by atoms with van der Waals surface area (Å²) in [5.41, 5.74) is 12.1. The monoisotopic (exact) mass is 533 g/mol. The van der Waals surface area contributed by atoms with Crippen molar-refractivity contribution in [1.29, 1.82) is 0 Å². The number of aliphatic hydroxyl groups is 1. The van der Waals surface area contributed by atoms with Gasteiger partial charge in [-0.3, -0.25) is 0 Å². The first-order valence-electron chi connectivity index (χ1n) is 12.4. The van der Waals surface area contributed by atoms with Gasteiger partial charge in [0, 0.05) is 23.8 Å². The van der Waals surface area contributed by atoms with E-state index in [1.165, 1.54) is 0 Å². The third-order valence-corrected chi connectivity index (χ3v) is 8.74. The van der Waals surface area contributed by atoms with E-state index in [2.05, 4.69) is 53.5 Å². The molecule has 4 aromatic rings. The topological polar surface area (TPSA) is 90.5 Å². The van der Waals surface area contributed by atoms with Gasteiger partial charge in [-0.25, -0.2) is 0 Å². The molecule has 3 aromatic carbocycles. The van der Waals surface area contributed by atoms with E-state index >= 15 is 0 Å². The fourth-order valence-corrected chi connectivity index (χ4v) is 6.52. The second-order valence-electron chi connectivity index (χ2n) is 9.25. The van der Waals surface area contributed by atoms with Gasteiger partial charge >= 0.3 is 0 Å². The minimum Gasteiger partial charge on any atom is -0.392 e. The second-order valence-corrected chi connectivity index (χ2v) is 11.7. The van der Waals surface area contributed by atoms with Crippen molar-refractivity contribution in [3.63, 3.8) is 0 Å². The average Bonchev–Trinajstić information content (AvgIpc) is 3.37. The molecule has 4 unspecified atom stereocenters. The highest BCUT2D eigenvalue weighted by molar-refractivity contribution is 8.01. The lowest BCUT2D eigenvalue weighted by Gasteiger charge is -2.41. The maximum atomic E-state index is 9.47. The zero-order valence-corrected chi connectivity index (χ0v) is 22.5. The fraction of sp³-hybridized carbons (Fsp3) is 0.310. The SMILES string of the molecule is Cc1nnc(SCC2OC(c3ccc(-c4cccc(CN)c4)cc3)OC(c3ccc(CO)cc3)C2C)s1. The molecule has 8 heteroatoms. The highest BCUT2D eigenvalue weighted by atomic mass is 32.2. The molecule has 37 heavy (non-hydrogen) atoms. The van der Waals surface area contributed by atoms with Crippen LogP contribution < -0.4 is 5.73 Å². The summed E-state index contributed by atoms with van der Waals surface area (Å²) in [6.45, 7) is 4.68. The van der Waals surface area contributed by atoms with Gasteiger partial charge in [-0.05, 0) is 40.8 Å². The Balaban J connectivity index is 1.39. The molecule has 1 aliphatic heterocycles. The number of rotatable bonds is 8. The summed E-state index contributed by atoms with van der Waals surface area (Å²) in [4.78, 5) is 0. The number of nitrogens with two attached hydrogens (primary N) is 1. The number of hydrogen-bond donors (Lipinski definition) is 2. The maximum Gasteiger partial charge on any atom is 0.184 e. The molecule has 6 nitrogen and oxygen atoms in total. The van der Waals surface area contributed by atoms with E-state index in [0.29, 0.717) is 6.54 Å². The van der Waals surface area contributed by atoms with Crippen LogP contribution in [0.5, 0.6) is 0 Å². The van der Waals surface area contributed by atoms with Gasteiger partial charge in [0.2, 0.25) is 0 Å². The molecule has 1 fully saturated rings. The van der Waals surface area contributed by atoms with E-state index in [0.717, 1.165) is 48.5 Å². The molecule has 0 amide bonds. The van der Waals surface area contributed by atoms with Crippen LogP contribution >= 0.6 is 23.1 Å². The highest BCUT2D eigenvalue weighted by Crippen LogP contribution is 2.43. The number of thioether (sulfide) groups is 1. The van der Waals surface area contributed by atoms with E-state index in [4.69, 9.17) is 15.2 Å². The van der Waals surface area contributed by atoms with Crippen LogP contribution in [0.15, 0.2) is 77.1 Å². The Hall–Kier alpha value is -2.59. The summed E-state index contributed by atoms with van der Waals surface area (Å²) in [5.74, 6) is 0.876. The van der Waals surface area contributed by atoms with Crippen molar-refractivity contribution in [1.82, 2.24) is 10.2 Å². The van der Waals surface area contributed by atoms with Crippen molar-refractivity contribution in [3.05, 3.63) is 100 Å². The molecule has 5 rings (SSSR count). The molecular weight excluding hydrogens is 502 g/mol. The first kappa shape index (κ1) is 26.0. The van der Waals surface area contributed by atoms with Gasteiger partial charge in [0.1, 0.15) is 5.01 Å². The van der Waals surface area contributed by atoms with Gasteiger partial charge in [-0.2, -0.15) is 0 Å². The number of aromatic nitrogens is 2. The summed E-state index contributed by atoms with van der Waals surface area (Å²) in [5, 5.41) is 18.8. The molecule has 2 heterocycles. The smallest absolute Gasteiger partial charge is 0.184 e.